The monoisotopic (exact) mass is 805 g/mol. The summed E-state index contributed by atoms with van der Waals surface area (Å²) in [6.07, 6.45) is -7.53. The molecule has 2 aromatic heterocycles. The summed E-state index contributed by atoms with van der Waals surface area (Å²) in [4.78, 5) is 61.6. The number of phosphoric acid groups is 2. The molecule has 54 heavy (non-hydrogen) atoms. The molecule has 0 saturated carbocycles. The van der Waals surface area contributed by atoms with Crippen LogP contribution in [0.5, 0.6) is 0 Å². The van der Waals surface area contributed by atoms with Gasteiger partial charge >= 0.3 is 33.3 Å². The zero-order valence-corrected chi connectivity index (χ0v) is 32.6. The fourth-order valence-electron chi connectivity index (χ4n) is 4.61. The van der Waals surface area contributed by atoms with E-state index in [4.69, 9.17) is 36.6 Å². The van der Waals surface area contributed by atoms with E-state index in [1.165, 1.54) is 55.4 Å². The Kier molecular flexibility index (Phi) is 13.3. The predicted octanol–water partition coefficient (Wildman–Crippen LogP) is 3.21. The molecule has 4 unspecified atom stereocenters. The number of aliphatic hydroxyl groups excluding tert-OH is 2. The summed E-state index contributed by atoms with van der Waals surface area (Å²) >= 11 is 0. The number of carbonyl (C=O) groups excluding carboxylic acids is 2. The Morgan fingerprint density at radius 3 is 2.24 bits per heavy atom. The predicted molar refractivity (Wildman–Crippen MR) is 185 cm³/mol. The fourth-order valence-corrected chi connectivity index (χ4v) is 7.27. The molecule has 1 aromatic carbocycles. The van der Waals surface area contributed by atoms with Crippen molar-refractivity contribution < 1.29 is 70.4 Å². The number of fused-ring (bicyclic) bond motifs is 1. The molecular weight excluding hydrogens is 760 g/mol. The Labute approximate surface area is 309 Å². The van der Waals surface area contributed by atoms with E-state index in [1.54, 1.807) is 24.3 Å². The molecular formula is C32H45N3O17P2. The Morgan fingerprint density at radius 2 is 1.61 bits per heavy atom. The smallest absolute Gasteiger partial charge is 0.437 e. The lowest BCUT2D eigenvalue weighted by Gasteiger charge is -2.29. The van der Waals surface area contributed by atoms with E-state index < -0.39 is 99.8 Å². The standard InChI is InChI=1S/C32H45N3O17P2/c1-18(2)27(49-29(40)32(6,7)8)51-54(44,47-17-45-28(39)31(3,4)5)52-53(42,43)46-16-22-24(37)25(38)26(48-22)34-14-13-23(36)35(30(34)41)15-20-19-11-9-10-12-21(19)50-33-20/h9-14,18,22,24-27,37-38H,15-17H2,1-8H3,(H,42,43)/t22-,24?,25+,26-,27?,54?/m1/s1. The largest absolute Gasteiger partial charge is 0.489 e. The summed E-state index contributed by atoms with van der Waals surface area (Å²) in [5, 5.41) is 26.1. The van der Waals surface area contributed by atoms with E-state index >= 15 is 0 Å². The first-order valence-electron chi connectivity index (χ1n) is 16.6. The van der Waals surface area contributed by atoms with Crippen molar-refractivity contribution in [1.82, 2.24) is 14.3 Å². The SMILES string of the molecule is CC(C)C(OC(=O)C(C)(C)C)OP(=O)(OCOC(=O)C(C)(C)C)OP(=O)(O)OC[C@H]1O[C@@H](n2ccc(=O)n(Cc3noc4ccccc34)c2=O)[C@@H](O)C1O. The van der Waals surface area contributed by atoms with Crippen LogP contribution in [0.15, 0.2) is 50.6 Å². The molecule has 1 aliphatic rings. The highest BCUT2D eigenvalue weighted by molar-refractivity contribution is 7.61. The van der Waals surface area contributed by atoms with Crippen LogP contribution >= 0.6 is 15.6 Å². The van der Waals surface area contributed by atoms with Gasteiger partial charge in [0.15, 0.2) is 11.8 Å². The lowest BCUT2D eigenvalue weighted by molar-refractivity contribution is -0.182. The van der Waals surface area contributed by atoms with Gasteiger partial charge in [-0.25, -0.2) is 23.0 Å². The minimum absolute atomic E-state index is 0.269. The number of esters is 2. The van der Waals surface area contributed by atoms with Gasteiger partial charge in [0.05, 0.1) is 24.0 Å². The average Bonchev–Trinajstić information content (AvgIpc) is 3.60. The van der Waals surface area contributed by atoms with Gasteiger partial charge in [0.25, 0.3) is 5.56 Å². The molecule has 0 aliphatic carbocycles. The number of nitrogens with zero attached hydrogens (tertiary/aromatic N) is 3. The van der Waals surface area contributed by atoms with Crippen molar-refractivity contribution in [1.29, 1.82) is 0 Å². The number of carbonyl (C=O) groups is 2. The number of hydrogen-bond donors (Lipinski definition) is 3. The van der Waals surface area contributed by atoms with Crippen LogP contribution < -0.4 is 11.2 Å². The van der Waals surface area contributed by atoms with E-state index in [1.807, 2.05) is 0 Å². The van der Waals surface area contributed by atoms with Crippen LogP contribution in [0.1, 0.15) is 67.3 Å². The van der Waals surface area contributed by atoms with E-state index in [0.717, 1.165) is 21.4 Å². The number of aromatic nitrogens is 3. The fraction of sp³-hybridized carbons (Fsp3) is 0.594. The molecule has 7 atom stereocenters. The van der Waals surface area contributed by atoms with Crippen LogP contribution in [-0.4, -0.2) is 79.3 Å². The van der Waals surface area contributed by atoms with Gasteiger partial charge in [0, 0.05) is 23.6 Å². The van der Waals surface area contributed by atoms with Crippen molar-refractivity contribution in [3.63, 3.8) is 0 Å². The minimum Gasteiger partial charge on any atom is -0.437 e. The highest BCUT2D eigenvalue weighted by Gasteiger charge is 2.48. The topological polar surface area (TPSA) is 264 Å². The molecule has 1 aliphatic heterocycles. The summed E-state index contributed by atoms with van der Waals surface area (Å²) in [7, 11) is -10.8. The molecule has 4 rings (SSSR count). The first-order chi connectivity index (χ1) is 24.9. The minimum atomic E-state index is -5.53. The molecule has 20 nitrogen and oxygen atoms in total. The maximum Gasteiger partial charge on any atom is 0.489 e. The summed E-state index contributed by atoms with van der Waals surface area (Å²) in [5.74, 6) is -2.32. The van der Waals surface area contributed by atoms with Crippen molar-refractivity contribution in [3.05, 3.63) is 63.1 Å². The van der Waals surface area contributed by atoms with Crippen molar-refractivity contribution in [2.45, 2.75) is 92.8 Å². The van der Waals surface area contributed by atoms with Gasteiger partial charge in [0.2, 0.25) is 13.1 Å². The summed E-state index contributed by atoms with van der Waals surface area (Å²) in [6.45, 7) is 9.78. The molecule has 3 heterocycles. The maximum absolute atomic E-state index is 13.8. The van der Waals surface area contributed by atoms with Gasteiger partial charge in [0.1, 0.15) is 24.0 Å². The number of aliphatic hydroxyl groups is 2. The molecule has 1 saturated heterocycles. The zero-order chi connectivity index (χ0) is 40.4. The molecule has 300 valence electrons. The molecule has 0 spiro atoms. The summed E-state index contributed by atoms with van der Waals surface area (Å²) in [5.41, 5.74) is -3.05. The van der Waals surface area contributed by atoms with Gasteiger partial charge in [-0.05, 0) is 53.7 Å². The van der Waals surface area contributed by atoms with Crippen molar-refractivity contribution in [2.24, 2.45) is 16.7 Å². The molecule has 1 fully saturated rings. The van der Waals surface area contributed by atoms with Crippen molar-refractivity contribution >= 4 is 38.6 Å². The highest BCUT2D eigenvalue weighted by Crippen LogP contribution is 2.64. The Hall–Kier alpha value is -3.55. The van der Waals surface area contributed by atoms with Crippen LogP contribution in [0, 0.1) is 16.7 Å². The second kappa shape index (κ2) is 16.7. The third-order valence-corrected chi connectivity index (χ3v) is 10.7. The maximum atomic E-state index is 13.8. The second-order valence-electron chi connectivity index (χ2n) is 14.7. The van der Waals surface area contributed by atoms with Crippen LogP contribution in [0.4, 0.5) is 0 Å². The number of rotatable bonds is 15. The van der Waals surface area contributed by atoms with E-state index in [0.29, 0.717) is 11.0 Å². The second-order valence-corrected chi connectivity index (χ2v) is 17.9. The normalized spacial score (nSPS) is 22.1. The van der Waals surface area contributed by atoms with Gasteiger partial charge < -0.3 is 33.8 Å². The van der Waals surface area contributed by atoms with Crippen LogP contribution in [0.25, 0.3) is 11.0 Å². The van der Waals surface area contributed by atoms with Gasteiger partial charge in [-0.15, -0.1) is 0 Å². The average molecular weight is 806 g/mol. The van der Waals surface area contributed by atoms with E-state index in [-0.39, 0.29) is 12.2 Å². The lowest BCUT2D eigenvalue weighted by Crippen LogP contribution is -2.43. The molecule has 3 N–H and O–H groups in total. The van der Waals surface area contributed by atoms with Crippen LogP contribution in [0.3, 0.4) is 0 Å². The number of benzene rings is 1. The van der Waals surface area contributed by atoms with E-state index in [9.17, 15) is 43.4 Å². The molecule has 3 aromatic rings. The van der Waals surface area contributed by atoms with Crippen molar-refractivity contribution in [2.75, 3.05) is 13.4 Å². The molecule has 22 heteroatoms. The van der Waals surface area contributed by atoms with Crippen molar-refractivity contribution in [3.8, 4) is 0 Å². The third kappa shape index (κ3) is 10.6. The van der Waals surface area contributed by atoms with Gasteiger partial charge in [-0.2, -0.15) is 4.31 Å². The van der Waals surface area contributed by atoms with Crippen LogP contribution in [-0.2, 0) is 57.4 Å². The van der Waals surface area contributed by atoms with Gasteiger partial charge in [-0.3, -0.25) is 28.0 Å². The highest BCUT2D eigenvalue weighted by atomic mass is 31.3. The molecule has 0 bridgehead atoms. The number of phosphoric ester groups is 2. The summed E-state index contributed by atoms with van der Waals surface area (Å²) < 4.78 is 69.8. The number of hydrogen-bond acceptors (Lipinski definition) is 17. The Balaban J connectivity index is 1.50. The first kappa shape index (κ1) is 43.2. The zero-order valence-electron chi connectivity index (χ0n) is 30.8. The Bertz CT molecular complexity index is 2030. The first-order valence-corrected chi connectivity index (χ1v) is 19.5. The van der Waals surface area contributed by atoms with Crippen LogP contribution in [0.2, 0.25) is 0 Å². The van der Waals surface area contributed by atoms with E-state index in [2.05, 4.69) is 5.16 Å². The number of ether oxygens (including phenoxy) is 3. The Morgan fingerprint density at radius 1 is 0.963 bits per heavy atom. The lowest BCUT2D eigenvalue weighted by atomic mass is 9.97. The summed E-state index contributed by atoms with van der Waals surface area (Å²) in [6, 6.07) is 7.79. The van der Waals surface area contributed by atoms with Gasteiger partial charge in [-0.1, -0.05) is 31.1 Å². The molecule has 0 radical (unpaired) electrons. The molecule has 0 amide bonds. The quantitative estimate of drug-likeness (QED) is 0.113. The third-order valence-electron chi connectivity index (χ3n) is 7.70. The number of para-hydroxylation sites is 1.